The maximum Gasteiger partial charge on any atom is 0.274 e. The lowest BCUT2D eigenvalue weighted by Crippen LogP contribution is -2.27. The lowest BCUT2D eigenvalue weighted by atomic mass is 9.97. The van der Waals surface area contributed by atoms with Gasteiger partial charge in [-0.25, -0.2) is 9.99 Å². The molecule has 5 rings (SSSR count). The van der Waals surface area contributed by atoms with Gasteiger partial charge in [-0.3, -0.25) is 4.79 Å². The SMILES string of the molecule is COc1ccc2cc([C@H]3CC(c4ccc(C)cc4)=NN3C(=O)c3ccccc3)c(Cl)nc2c1. The molecule has 0 aliphatic carbocycles. The quantitative estimate of drug-likeness (QED) is 0.344. The second-order valence-electron chi connectivity index (χ2n) is 8.08. The predicted octanol–water partition coefficient (Wildman–Crippen LogP) is 6.20. The Hall–Kier alpha value is -3.70. The van der Waals surface area contributed by atoms with E-state index in [9.17, 15) is 4.79 Å². The van der Waals surface area contributed by atoms with Gasteiger partial charge < -0.3 is 4.74 Å². The second kappa shape index (κ2) is 8.68. The van der Waals surface area contributed by atoms with E-state index in [1.807, 2.05) is 73.7 Å². The van der Waals surface area contributed by atoms with E-state index in [1.54, 1.807) is 24.3 Å². The summed E-state index contributed by atoms with van der Waals surface area (Å²) in [5.41, 5.74) is 5.08. The molecule has 1 amide bonds. The van der Waals surface area contributed by atoms with Crippen molar-refractivity contribution in [1.29, 1.82) is 0 Å². The highest BCUT2D eigenvalue weighted by Gasteiger charge is 2.35. The molecule has 3 aromatic carbocycles. The summed E-state index contributed by atoms with van der Waals surface area (Å²) in [6.45, 7) is 2.05. The van der Waals surface area contributed by atoms with Crippen molar-refractivity contribution >= 4 is 34.1 Å². The zero-order chi connectivity index (χ0) is 22.9. The topological polar surface area (TPSA) is 54.8 Å². The summed E-state index contributed by atoms with van der Waals surface area (Å²) in [6.07, 6.45) is 0.546. The van der Waals surface area contributed by atoms with Crippen LogP contribution in [0.3, 0.4) is 0 Å². The van der Waals surface area contributed by atoms with Gasteiger partial charge in [0, 0.05) is 29.0 Å². The third-order valence-electron chi connectivity index (χ3n) is 5.89. The highest BCUT2D eigenvalue weighted by atomic mass is 35.5. The molecule has 0 saturated heterocycles. The summed E-state index contributed by atoms with van der Waals surface area (Å²) >= 11 is 6.67. The van der Waals surface area contributed by atoms with E-state index in [0.717, 1.165) is 27.7 Å². The van der Waals surface area contributed by atoms with E-state index >= 15 is 0 Å². The fourth-order valence-electron chi connectivity index (χ4n) is 4.07. The minimum Gasteiger partial charge on any atom is -0.497 e. The van der Waals surface area contributed by atoms with Gasteiger partial charge in [-0.2, -0.15) is 5.10 Å². The van der Waals surface area contributed by atoms with Crippen molar-refractivity contribution in [2.24, 2.45) is 5.10 Å². The number of ether oxygens (including phenoxy) is 1. The molecule has 1 aromatic heterocycles. The molecule has 0 spiro atoms. The molecule has 1 atom stereocenters. The van der Waals surface area contributed by atoms with Crippen LogP contribution in [0.5, 0.6) is 5.75 Å². The Balaban J connectivity index is 1.59. The number of hydrogen-bond donors (Lipinski definition) is 0. The first-order chi connectivity index (χ1) is 16.0. The van der Waals surface area contributed by atoms with Crippen LogP contribution < -0.4 is 4.74 Å². The fourth-order valence-corrected chi connectivity index (χ4v) is 4.35. The monoisotopic (exact) mass is 455 g/mol. The lowest BCUT2D eigenvalue weighted by molar-refractivity contribution is 0.0711. The molecule has 0 saturated carbocycles. The molecule has 164 valence electrons. The Labute approximate surface area is 197 Å². The van der Waals surface area contributed by atoms with Crippen LogP contribution >= 0.6 is 11.6 Å². The Bertz CT molecular complexity index is 1370. The molecule has 0 bridgehead atoms. The standard InChI is InChI=1S/C27H22ClN3O2/c1-17-8-10-18(11-9-17)24-16-25(31(30-24)27(32)19-6-4-3-5-7-19)22-14-20-12-13-21(33-2)15-23(20)29-26(22)28/h3-15,25H,16H2,1-2H3/t25-/m1/s1. The molecular weight excluding hydrogens is 434 g/mol. The molecule has 2 heterocycles. The average molecular weight is 456 g/mol. The van der Waals surface area contributed by atoms with E-state index < -0.39 is 0 Å². The number of aromatic nitrogens is 1. The largest absolute Gasteiger partial charge is 0.497 e. The molecule has 0 fully saturated rings. The van der Waals surface area contributed by atoms with Gasteiger partial charge in [0.1, 0.15) is 10.9 Å². The number of hydrogen-bond acceptors (Lipinski definition) is 4. The maximum absolute atomic E-state index is 13.5. The maximum atomic E-state index is 13.5. The second-order valence-corrected chi connectivity index (χ2v) is 8.43. The zero-order valence-electron chi connectivity index (χ0n) is 18.3. The molecule has 1 aliphatic heterocycles. The van der Waals surface area contributed by atoms with Crippen molar-refractivity contribution in [3.8, 4) is 5.75 Å². The smallest absolute Gasteiger partial charge is 0.274 e. The van der Waals surface area contributed by atoms with E-state index in [4.69, 9.17) is 21.4 Å². The summed E-state index contributed by atoms with van der Waals surface area (Å²) < 4.78 is 5.31. The van der Waals surface area contributed by atoms with Crippen LogP contribution in [0.2, 0.25) is 5.15 Å². The molecule has 0 N–H and O–H groups in total. The number of hydrazone groups is 1. The lowest BCUT2D eigenvalue weighted by Gasteiger charge is -2.23. The fraction of sp³-hybridized carbons (Fsp3) is 0.148. The highest BCUT2D eigenvalue weighted by Crippen LogP contribution is 2.38. The van der Waals surface area contributed by atoms with Crippen molar-refractivity contribution in [2.75, 3.05) is 7.11 Å². The number of carbonyl (C=O) groups excluding carboxylic acids is 1. The third kappa shape index (κ3) is 4.08. The number of carbonyl (C=O) groups is 1. The van der Waals surface area contributed by atoms with Crippen molar-refractivity contribution in [3.63, 3.8) is 0 Å². The zero-order valence-corrected chi connectivity index (χ0v) is 19.1. The number of pyridine rings is 1. The number of aryl methyl sites for hydroxylation is 1. The minimum atomic E-state index is -0.361. The van der Waals surface area contributed by atoms with Crippen molar-refractivity contribution in [1.82, 2.24) is 9.99 Å². The van der Waals surface area contributed by atoms with Gasteiger partial charge >= 0.3 is 0 Å². The third-order valence-corrected chi connectivity index (χ3v) is 6.19. The molecule has 0 radical (unpaired) electrons. The Morgan fingerprint density at radius 1 is 1.03 bits per heavy atom. The first-order valence-corrected chi connectivity index (χ1v) is 11.1. The first-order valence-electron chi connectivity index (χ1n) is 10.7. The molecular formula is C27H22ClN3O2. The molecule has 0 unspecified atom stereocenters. The van der Waals surface area contributed by atoms with Crippen molar-refractivity contribution < 1.29 is 9.53 Å². The number of methoxy groups -OCH3 is 1. The van der Waals surface area contributed by atoms with Crippen LogP contribution in [0.1, 0.15) is 39.5 Å². The molecule has 4 aromatic rings. The number of nitrogens with zero attached hydrogens (tertiary/aromatic N) is 3. The average Bonchev–Trinajstić information content (AvgIpc) is 3.29. The van der Waals surface area contributed by atoms with Crippen LogP contribution in [0.4, 0.5) is 0 Å². The molecule has 1 aliphatic rings. The van der Waals surface area contributed by atoms with Crippen LogP contribution in [-0.4, -0.2) is 28.7 Å². The Morgan fingerprint density at radius 2 is 1.79 bits per heavy atom. The minimum absolute atomic E-state index is 0.173. The summed E-state index contributed by atoms with van der Waals surface area (Å²) in [5, 5.41) is 7.59. The molecule has 5 nitrogen and oxygen atoms in total. The van der Waals surface area contributed by atoms with Gasteiger partial charge in [0.25, 0.3) is 5.91 Å². The Kier molecular flexibility index (Phi) is 5.56. The number of amides is 1. The van der Waals surface area contributed by atoms with Crippen LogP contribution in [-0.2, 0) is 0 Å². The normalized spacial score (nSPS) is 15.5. The Morgan fingerprint density at radius 3 is 2.52 bits per heavy atom. The molecule has 33 heavy (non-hydrogen) atoms. The van der Waals surface area contributed by atoms with Crippen molar-refractivity contribution in [2.45, 2.75) is 19.4 Å². The summed E-state index contributed by atoms with van der Waals surface area (Å²) in [6, 6.07) is 24.7. The highest BCUT2D eigenvalue weighted by molar-refractivity contribution is 6.30. The van der Waals surface area contributed by atoms with Gasteiger partial charge in [0.2, 0.25) is 0 Å². The van der Waals surface area contributed by atoms with Crippen molar-refractivity contribution in [3.05, 3.63) is 106 Å². The number of fused-ring (bicyclic) bond motifs is 1. The summed E-state index contributed by atoms with van der Waals surface area (Å²) in [4.78, 5) is 18.1. The number of halogens is 1. The van der Waals surface area contributed by atoms with Gasteiger partial charge in [0.05, 0.1) is 24.4 Å². The van der Waals surface area contributed by atoms with E-state index in [0.29, 0.717) is 22.9 Å². The van der Waals surface area contributed by atoms with Gasteiger partial charge in [-0.1, -0.05) is 59.6 Å². The van der Waals surface area contributed by atoms with Crippen LogP contribution in [0.25, 0.3) is 10.9 Å². The first kappa shape index (κ1) is 21.2. The van der Waals surface area contributed by atoms with E-state index in [2.05, 4.69) is 4.98 Å². The van der Waals surface area contributed by atoms with E-state index in [-0.39, 0.29) is 11.9 Å². The van der Waals surface area contributed by atoms with Crippen LogP contribution in [0.15, 0.2) is 84.0 Å². The number of benzene rings is 3. The van der Waals surface area contributed by atoms with E-state index in [1.165, 1.54) is 5.56 Å². The van der Waals surface area contributed by atoms with Gasteiger partial charge in [-0.15, -0.1) is 0 Å². The number of rotatable bonds is 4. The van der Waals surface area contributed by atoms with Crippen LogP contribution in [0, 0.1) is 6.92 Å². The van der Waals surface area contributed by atoms with Gasteiger partial charge in [0.15, 0.2) is 0 Å². The molecule has 6 heteroatoms. The summed E-state index contributed by atoms with van der Waals surface area (Å²) in [7, 11) is 1.62. The predicted molar refractivity (Wildman–Crippen MR) is 131 cm³/mol. The van der Waals surface area contributed by atoms with Gasteiger partial charge in [-0.05, 0) is 42.8 Å². The summed E-state index contributed by atoms with van der Waals surface area (Å²) in [5.74, 6) is 0.541.